The molecule has 194 valence electrons. The number of benzene rings is 1. The van der Waals surface area contributed by atoms with Crippen molar-refractivity contribution in [3.63, 3.8) is 0 Å². The van der Waals surface area contributed by atoms with Crippen LogP contribution in [0.3, 0.4) is 0 Å². The molecule has 0 saturated heterocycles. The second kappa shape index (κ2) is 13.6. The first-order valence-corrected chi connectivity index (χ1v) is 11.5. The van der Waals surface area contributed by atoms with E-state index < -0.39 is 52.9 Å². The summed E-state index contributed by atoms with van der Waals surface area (Å²) in [6.45, 7) is 5.30. The highest BCUT2D eigenvalue weighted by molar-refractivity contribution is 5.98. The molecular formula is C24H33F6NO3. The van der Waals surface area contributed by atoms with Crippen LogP contribution in [0.25, 0.3) is 0 Å². The van der Waals surface area contributed by atoms with Crippen LogP contribution >= 0.6 is 0 Å². The average molecular weight is 498 g/mol. The normalized spacial score (nSPS) is 13.1. The maximum atomic E-state index is 13.3. The lowest BCUT2D eigenvalue weighted by Gasteiger charge is -2.22. The zero-order valence-corrected chi connectivity index (χ0v) is 19.7. The number of carbonyl (C=O) groups excluding carboxylic acids is 2. The smallest absolute Gasteiger partial charge is 0.417 e. The molecule has 1 atom stereocenters. The summed E-state index contributed by atoms with van der Waals surface area (Å²) in [7, 11) is 0. The van der Waals surface area contributed by atoms with Gasteiger partial charge < -0.3 is 10.1 Å². The zero-order chi connectivity index (χ0) is 25.9. The fourth-order valence-corrected chi connectivity index (χ4v) is 3.37. The summed E-state index contributed by atoms with van der Waals surface area (Å²) in [5, 5.41) is 2.12. The summed E-state index contributed by atoms with van der Waals surface area (Å²) >= 11 is 0. The van der Waals surface area contributed by atoms with E-state index in [0.29, 0.717) is 6.42 Å². The van der Waals surface area contributed by atoms with Crippen LogP contribution in [0.15, 0.2) is 18.2 Å². The van der Waals surface area contributed by atoms with E-state index in [2.05, 4.69) is 12.2 Å². The van der Waals surface area contributed by atoms with Gasteiger partial charge in [-0.3, -0.25) is 4.79 Å². The minimum atomic E-state index is -5.05. The lowest BCUT2D eigenvalue weighted by molar-refractivity contribution is -0.147. The van der Waals surface area contributed by atoms with Crippen molar-refractivity contribution in [3.8, 4) is 0 Å². The van der Waals surface area contributed by atoms with Crippen molar-refractivity contribution in [2.45, 2.75) is 90.5 Å². The van der Waals surface area contributed by atoms with Crippen molar-refractivity contribution in [1.29, 1.82) is 0 Å². The predicted octanol–water partition coefficient (Wildman–Crippen LogP) is 7.16. The molecule has 1 aromatic rings. The van der Waals surface area contributed by atoms with Crippen molar-refractivity contribution in [2.75, 3.05) is 6.61 Å². The second-order valence-electron chi connectivity index (χ2n) is 8.59. The van der Waals surface area contributed by atoms with Gasteiger partial charge in [0.25, 0.3) is 5.91 Å². The number of amides is 1. The lowest BCUT2D eigenvalue weighted by atomic mass is 10.00. The summed E-state index contributed by atoms with van der Waals surface area (Å²) in [5.74, 6) is -2.83. The highest BCUT2D eigenvalue weighted by Gasteiger charge is 2.39. The summed E-state index contributed by atoms with van der Waals surface area (Å²) in [6.07, 6.45) is -1.79. The Morgan fingerprint density at radius 2 is 1.44 bits per heavy atom. The first-order chi connectivity index (χ1) is 15.8. The monoisotopic (exact) mass is 497 g/mol. The fraction of sp³-hybridized carbons (Fsp3) is 0.667. The molecule has 0 heterocycles. The molecule has 1 rings (SSSR count). The lowest BCUT2D eigenvalue weighted by Crippen LogP contribution is -2.45. The molecule has 1 aromatic carbocycles. The van der Waals surface area contributed by atoms with Gasteiger partial charge in [0.1, 0.15) is 6.04 Å². The van der Waals surface area contributed by atoms with E-state index in [-0.39, 0.29) is 24.8 Å². The number of halogens is 6. The zero-order valence-electron chi connectivity index (χ0n) is 19.7. The molecule has 0 fully saturated rings. The van der Waals surface area contributed by atoms with Crippen molar-refractivity contribution in [2.24, 2.45) is 5.92 Å². The van der Waals surface area contributed by atoms with Crippen LogP contribution in [0.5, 0.6) is 0 Å². The molecule has 1 unspecified atom stereocenters. The largest absolute Gasteiger partial charge is 0.464 e. The number of hydrogen-bond donors (Lipinski definition) is 1. The Balaban J connectivity index is 2.78. The Hall–Kier alpha value is -2.26. The van der Waals surface area contributed by atoms with E-state index >= 15 is 0 Å². The Labute approximate surface area is 196 Å². The van der Waals surface area contributed by atoms with E-state index in [9.17, 15) is 35.9 Å². The standard InChI is InChI=1S/C24H33F6NO3/c1-4-5-6-7-8-9-10-11-14-34-22(33)20(16(2)3)31-21(32)18-15-17(23(25,26)27)12-13-19(18)24(28,29)30/h12-13,15-16,20H,4-11,14H2,1-3H3,(H,31,32). The van der Waals surface area contributed by atoms with Gasteiger partial charge in [0.05, 0.1) is 23.3 Å². The van der Waals surface area contributed by atoms with Crippen LogP contribution in [0, 0.1) is 5.92 Å². The Morgan fingerprint density at radius 3 is 1.94 bits per heavy atom. The molecule has 0 saturated carbocycles. The van der Waals surface area contributed by atoms with Crippen molar-refractivity contribution in [3.05, 3.63) is 34.9 Å². The van der Waals surface area contributed by atoms with Gasteiger partial charge in [-0.2, -0.15) is 26.3 Å². The Morgan fingerprint density at radius 1 is 0.882 bits per heavy atom. The molecule has 1 N–H and O–H groups in total. The molecule has 0 aliphatic heterocycles. The van der Waals surface area contributed by atoms with E-state index in [0.717, 1.165) is 32.1 Å². The van der Waals surface area contributed by atoms with Gasteiger partial charge in [0.2, 0.25) is 0 Å². The molecule has 0 spiro atoms. The number of unbranched alkanes of at least 4 members (excludes halogenated alkanes) is 7. The van der Waals surface area contributed by atoms with Crippen molar-refractivity contribution < 1.29 is 40.7 Å². The maximum Gasteiger partial charge on any atom is 0.417 e. The van der Waals surface area contributed by atoms with E-state index in [1.807, 2.05) is 0 Å². The molecule has 10 heteroatoms. The fourth-order valence-electron chi connectivity index (χ4n) is 3.37. The van der Waals surface area contributed by atoms with E-state index in [4.69, 9.17) is 4.74 Å². The summed E-state index contributed by atoms with van der Waals surface area (Å²) in [5.41, 5.74) is -4.12. The highest BCUT2D eigenvalue weighted by Crippen LogP contribution is 2.36. The third-order valence-electron chi connectivity index (χ3n) is 5.35. The first-order valence-electron chi connectivity index (χ1n) is 11.5. The van der Waals surface area contributed by atoms with Gasteiger partial charge in [0.15, 0.2) is 0 Å². The van der Waals surface area contributed by atoms with Gasteiger partial charge in [-0.05, 0) is 30.5 Å². The molecule has 34 heavy (non-hydrogen) atoms. The number of rotatable bonds is 13. The molecule has 4 nitrogen and oxygen atoms in total. The average Bonchev–Trinajstić information content (AvgIpc) is 2.74. The third kappa shape index (κ3) is 9.93. The van der Waals surface area contributed by atoms with Gasteiger partial charge in [-0.1, -0.05) is 65.7 Å². The van der Waals surface area contributed by atoms with Crippen LogP contribution in [0.2, 0.25) is 0 Å². The predicted molar refractivity (Wildman–Crippen MR) is 116 cm³/mol. The van der Waals surface area contributed by atoms with Crippen LogP contribution in [-0.4, -0.2) is 24.5 Å². The van der Waals surface area contributed by atoms with Gasteiger partial charge in [-0.25, -0.2) is 4.79 Å². The maximum absolute atomic E-state index is 13.3. The minimum absolute atomic E-state index is 0.0875. The van der Waals surface area contributed by atoms with Crippen molar-refractivity contribution in [1.82, 2.24) is 5.32 Å². The third-order valence-corrected chi connectivity index (χ3v) is 5.35. The quantitative estimate of drug-likeness (QED) is 0.179. The van der Waals surface area contributed by atoms with Crippen LogP contribution < -0.4 is 5.32 Å². The van der Waals surface area contributed by atoms with Gasteiger partial charge >= 0.3 is 18.3 Å². The minimum Gasteiger partial charge on any atom is -0.464 e. The summed E-state index contributed by atoms with van der Waals surface area (Å²) in [4.78, 5) is 25.0. The second-order valence-corrected chi connectivity index (χ2v) is 8.59. The molecule has 0 bridgehead atoms. The van der Waals surface area contributed by atoms with Gasteiger partial charge in [0, 0.05) is 0 Å². The summed E-state index contributed by atoms with van der Waals surface area (Å²) < 4.78 is 84.0. The first kappa shape index (κ1) is 29.8. The number of ether oxygens (including phenoxy) is 1. The molecule has 0 aliphatic rings. The van der Waals surface area contributed by atoms with Gasteiger partial charge in [-0.15, -0.1) is 0 Å². The molecule has 0 radical (unpaired) electrons. The topological polar surface area (TPSA) is 55.4 Å². The number of hydrogen-bond acceptors (Lipinski definition) is 3. The van der Waals surface area contributed by atoms with Crippen LogP contribution in [0.4, 0.5) is 26.3 Å². The Bertz CT molecular complexity index is 790. The van der Waals surface area contributed by atoms with Crippen LogP contribution in [-0.2, 0) is 21.9 Å². The number of esters is 1. The highest BCUT2D eigenvalue weighted by atomic mass is 19.4. The summed E-state index contributed by atoms with van der Waals surface area (Å²) in [6, 6.07) is -0.695. The number of nitrogens with one attached hydrogen (secondary N) is 1. The number of carbonyl (C=O) groups is 2. The Kier molecular flexibility index (Phi) is 11.9. The van der Waals surface area contributed by atoms with E-state index in [1.54, 1.807) is 13.8 Å². The SMILES string of the molecule is CCCCCCCCCCOC(=O)C(NC(=O)c1cc(C(F)(F)F)ccc1C(F)(F)F)C(C)C. The molecular weight excluding hydrogens is 464 g/mol. The van der Waals surface area contributed by atoms with Crippen LogP contribution in [0.1, 0.15) is 93.6 Å². The molecule has 0 aromatic heterocycles. The molecule has 0 aliphatic carbocycles. The van der Waals surface area contributed by atoms with E-state index in [1.165, 1.54) is 12.8 Å². The molecule has 1 amide bonds. The van der Waals surface area contributed by atoms with Crippen molar-refractivity contribution >= 4 is 11.9 Å². The number of alkyl halides is 6.